The molecule has 1 amide bonds. The minimum absolute atomic E-state index is 0.00579. The third-order valence-corrected chi connectivity index (χ3v) is 15.8. The summed E-state index contributed by atoms with van der Waals surface area (Å²) in [6, 6.07) is -0.550. The zero-order chi connectivity index (χ0) is 53.6. The molecule has 0 bridgehead atoms. The third kappa shape index (κ3) is 59.6. The number of allylic oxidation sites excluding steroid dienone is 4. The topological polar surface area (TPSA) is 95.9 Å². The normalized spacial score (nSPS) is 12.6. The molecule has 0 spiro atoms. The van der Waals surface area contributed by atoms with Crippen LogP contribution in [-0.2, 0) is 14.3 Å². The van der Waals surface area contributed by atoms with Crippen molar-refractivity contribution in [1.82, 2.24) is 5.32 Å². The van der Waals surface area contributed by atoms with Crippen LogP contribution in [0.15, 0.2) is 24.3 Å². The van der Waals surface area contributed by atoms with Crippen molar-refractivity contribution in [3.63, 3.8) is 0 Å². The van der Waals surface area contributed by atoms with Crippen LogP contribution in [0.2, 0.25) is 0 Å². The smallest absolute Gasteiger partial charge is 0.305 e. The number of unbranched alkanes of at least 4 members (excludes halogenated alkanes) is 48. The number of nitrogens with one attached hydrogen (secondary N) is 1. The van der Waals surface area contributed by atoms with Crippen molar-refractivity contribution in [2.75, 3.05) is 13.2 Å². The van der Waals surface area contributed by atoms with Crippen molar-refractivity contribution in [2.45, 2.75) is 386 Å². The van der Waals surface area contributed by atoms with Crippen LogP contribution in [0.4, 0.5) is 0 Å². The van der Waals surface area contributed by atoms with E-state index >= 15 is 0 Å². The number of hydrogen-bond donors (Lipinski definition) is 3. The van der Waals surface area contributed by atoms with Gasteiger partial charge in [-0.15, -0.1) is 0 Å². The van der Waals surface area contributed by atoms with Crippen LogP contribution in [0.1, 0.15) is 373 Å². The summed E-state index contributed by atoms with van der Waals surface area (Å²) in [5, 5.41) is 23.4. The number of aliphatic hydroxyl groups excluding tert-OH is 2. The number of ether oxygens (including phenoxy) is 1. The molecule has 0 aliphatic carbocycles. The molecule has 2 unspecified atom stereocenters. The van der Waals surface area contributed by atoms with Gasteiger partial charge in [-0.05, 0) is 57.8 Å². The second-order valence-corrected chi connectivity index (χ2v) is 23.2. The van der Waals surface area contributed by atoms with Gasteiger partial charge < -0.3 is 20.3 Å². The van der Waals surface area contributed by atoms with E-state index in [9.17, 15) is 19.8 Å². The van der Waals surface area contributed by atoms with Crippen LogP contribution in [0.3, 0.4) is 0 Å². The number of carbonyl (C=O) groups is 2. The highest BCUT2D eigenvalue weighted by Crippen LogP contribution is 2.19. The van der Waals surface area contributed by atoms with Crippen molar-refractivity contribution in [3.8, 4) is 0 Å². The van der Waals surface area contributed by atoms with Crippen molar-refractivity contribution >= 4 is 11.9 Å². The van der Waals surface area contributed by atoms with Gasteiger partial charge in [0, 0.05) is 12.8 Å². The van der Waals surface area contributed by atoms with Crippen LogP contribution < -0.4 is 5.32 Å². The summed E-state index contributed by atoms with van der Waals surface area (Å²) in [5.41, 5.74) is 0. The van der Waals surface area contributed by atoms with E-state index in [0.29, 0.717) is 25.9 Å². The van der Waals surface area contributed by atoms with Gasteiger partial charge in [0.1, 0.15) is 0 Å². The third-order valence-electron chi connectivity index (χ3n) is 15.8. The lowest BCUT2D eigenvalue weighted by molar-refractivity contribution is -0.143. The van der Waals surface area contributed by atoms with E-state index in [4.69, 9.17) is 4.74 Å². The Labute approximate surface area is 462 Å². The monoisotopic (exact) mass is 1040 g/mol. The second kappa shape index (κ2) is 63.9. The van der Waals surface area contributed by atoms with Crippen LogP contribution in [0, 0.1) is 0 Å². The van der Waals surface area contributed by atoms with Gasteiger partial charge in [-0.3, -0.25) is 9.59 Å². The minimum Gasteiger partial charge on any atom is -0.466 e. The summed E-state index contributed by atoms with van der Waals surface area (Å²) in [5.74, 6) is -0.0452. The van der Waals surface area contributed by atoms with Gasteiger partial charge in [0.15, 0.2) is 0 Å². The molecule has 438 valence electrons. The molecule has 0 aromatic heterocycles. The number of hydrogen-bond acceptors (Lipinski definition) is 5. The van der Waals surface area contributed by atoms with Gasteiger partial charge in [0.05, 0.1) is 25.4 Å². The molecule has 0 radical (unpaired) electrons. The predicted octanol–water partition coefficient (Wildman–Crippen LogP) is 21.4. The van der Waals surface area contributed by atoms with Gasteiger partial charge in [-0.25, -0.2) is 0 Å². The van der Waals surface area contributed by atoms with E-state index in [1.807, 2.05) is 0 Å². The standard InChI is InChI=1S/C68H131NO5/c1-3-5-7-9-11-13-15-17-19-21-22-23-24-25-26-27-28-30-32-36-40-44-48-52-56-60-66(71)65(64-70)69-67(72)61-57-53-49-45-41-37-33-31-35-39-43-47-51-55-59-63-74-68(73)62-58-54-50-46-42-38-34-29-20-18-16-14-12-10-8-6-4-2/h12,14,18,20,65-66,70-71H,3-11,13,15-17,19,21-64H2,1-2H3,(H,69,72)/b14-12-,20-18-. The second-order valence-electron chi connectivity index (χ2n) is 23.2. The maximum atomic E-state index is 12.5. The summed E-state index contributed by atoms with van der Waals surface area (Å²) in [7, 11) is 0. The number of amides is 1. The largest absolute Gasteiger partial charge is 0.466 e. The van der Waals surface area contributed by atoms with Gasteiger partial charge >= 0.3 is 5.97 Å². The highest BCUT2D eigenvalue weighted by atomic mass is 16.5. The van der Waals surface area contributed by atoms with E-state index in [1.165, 1.54) is 283 Å². The molecule has 0 aliphatic heterocycles. The fourth-order valence-electron chi connectivity index (χ4n) is 10.6. The average Bonchev–Trinajstić information content (AvgIpc) is 3.40. The first kappa shape index (κ1) is 72.3. The molecule has 0 aromatic carbocycles. The Kier molecular flexibility index (Phi) is 62.4. The molecule has 0 saturated carbocycles. The fraction of sp³-hybridized carbons (Fsp3) is 0.912. The van der Waals surface area contributed by atoms with Gasteiger partial charge in [0.25, 0.3) is 0 Å². The van der Waals surface area contributed by atoms with E-state index in [-0.39, 0.29) is 18.5 Å². The average molecular weight is 1040 g/mol. The molecule has 0 aromatic rings. The zero-order valence-corrected chi connectivity index (χ0v) is 50.1. The molecule has 0 rings (SSSR count). The van der Waals surface area contributed by atoms with Crippen molar-refractivity contribution < 1.29 is 24.5 Å². The fourth-order valence-corrected chi connectivity index (χ4v) is 10.6. The summed E-state index contributed by atoms with van der Waals surface area (Å²) in [4.78, 5) is 24.6. The lowest BCUT2D eigenvalue weighted by Gasteiger charge is -2.22. The predicted molar refractivity (Wildman–Crippen MR) is 324 cm³/mol. The summed E-state index contributed by atoms with van der Waals surface area (Å²) >= 11 is 0. The Morgan fingerprint density at radius 3 is 1.05 bits per heavy atom. The molecule has 0 saturated heterocycles. The van der Waals surface area contributed by atoms with Crippen LogP contribution in [0.25, 0.3) is 0 Å². The molecular weight excluding hydrogens is 911 g/mol. The summed E-state index contributed by atoms with van der Waals surface area (Å²) in [6.07, 6.45) is 79.1. The first-order chi connectivity index (χ1) is 36.5. The number of carbonyl (C=O) groups excluding carboxylic acids is 2. The molecule has 0 fully saturated rings. The first-order valence-electron chi connectivity index (χ1n) is 33.6. The lowest BCUT2D eigenvalue weighted by Crippen LogP contribution is -2.45. The Bertz CT molecular complexity index is 1150. The molecule has 2 atom stereocenters. The number of esters is 1. The highest BCUT2D eigenvalue weighted by Gasteiger charge is 2.20. The molecule has 6 heteroatoms. The molecule has 74 heavy (non-hydrogen) atoms. The minimum atomic E-state index is -0.672. The lowest BCUT2D eigenvalue weighted by atomic mass is 10.0. The molecule has 0 heterocycles. The Balaban J connectivity index is 3.42. The summed E-state index contributed by atoms with van der Waals surface area (Å²) < 4.78 is 5.49. The molecule has 6 nitrogen and oxygen atoms in total. The van der Waals surface area contributed by atoms with E-state index in [1.54, 1.807) is 0 Å². The molecular formula is C68H131NO5. The first-order valence-corrected chi connectivity index (χ1v) is 33.6. The van der Waals surface area contributed by atoms with Crippen LogP contribution in [-0.4, -0.2) is 47.4 Å². The maximum Gasteiger partial charge on any atom is 0.305 e. The maximum absolute atomic E-state index is 12.5. The van der Waals surface area contributed by atoms with E-state index in [0.717, 1.165) is 57.8 Å². The zero-order valence-electron chi connectivity index (χ0n) is 50.1. The van der Waals surface area contributed by atoms with Crippen LogP contribution in [0.5, 0.6) is 0 Å². The SMILES string of the molecule is CCCCC/C=C\C/C=C\CCCCCCCCCC(=O)OCCCCCCCCCCCCCCCCCC(=O)NC(CO)C(O)CCCCCCCCCCCCCCCCCCCCCCCCCCC. The van der Waals surface area contributed by atoms with Crippen LogP contribution >= 0.6 is 0 Å². The van der Waals surface area contributed by atoms with Gasteiger partial charge in [-0.1, -0.05) is 327 Å². The Hall–Kier alpha value is -1.66. The van der Waals surface area contributed by atoms with Crippen molar-refractivity contribution in [2.24, 2.45) is 0 Å². The number of rotatable bonds is 63. The van der Waals surface area contributed by atoms with E-state index < -0.39 is 12.1 Å². The highest BCUT2D eigenvalue weighted by molar-refractivity contribution is 5.76. The Morgan fingerprint density at radius 2 is 0.676 bits per heavy atom. The quantitative estimate of drug-likeness (QED) is 0.0320. The summed E-state index contributed by atoms with van der Waals surface area (Å²) in [6.45, 7) is 4.94. The van der Waals surface area contributed by atoms with Crippen molar-refractivity contribution in [1.29, 1.82) is 0 Å². The van der Waals surface area contributed by atoms with E-state index in [2.05, 4.69) is 43.5 Å². The number of aliphatic hydroxyl groups is 2. The van der Waals surface area contributed by atoms with Crippen molar-refractivity contribution in [3.05, 3.63) is 24.3 Å². The van der Waals surface area contributed by atoms with Gasteiger partial charge in [0.2, 0.25) is 5.91 Å². The molecule has 3 N–H and O–H groups in total. The van der Waals surface area contributed by atoms with Gasteiger partial charge in [-0.2, -0.15) is 0 Å². The molecule has 0 aliphatic rings. The Morgan fingerprint density at radius 1 is 0.378 bits per heavy atom.